The van der Waals surface area contributed by atoms with Crippen LogP contribution in [0.3, 0.4) is 0 Å². The Bertz CT molecular complexity index is 1040. The van der Waals surface area contributed by atoms with Crippen LogP contribution in [-0.2, 0) is 16.1 Å². The van der Waals surface area contributed by atoms with Crippen LogP contribution in [0.15, 0.2) is 42.6 Å². The van der Waals surface area contributed by atoms with E-state index in [0.717, 1.165) is 25.6 Å². The van der Waals surface area contributed by atoms with E-state index in [9.17, 15) is 9.59 Å². The van der Waals surface area contributed by atoms with Gasteiger partial charge in [0.1, 0.15) is 11.4 Å². The molecule has 0 bridgehead atoms. The van der Waals surface area contributed by atoms with Gasteiger partial charge in [0.2, 0.25) is 0 Å². The van der Waals surface area contributed by atoms with Gasteiger partial charge in [-0.15, -0.1) is 24.8 Å². The molecular formula is C26H35Cl2N3O4. The van der Waals surface area contributed by atoms with Crippen LogP contribution in [0.1, 0.15) is 49.4 Å². The lowest BCUT2D eigenvalue weighted by Gasteiger charge is -2.31. The zero-order valence-corrected chi connectivity index (χ0v) is 22.5. The lowest BCUT2D eigenvalue weighted by atomic mass is 10.1. The van der Waals surface area contributed by atoms with E-state index >= 15 is 0 Å². The number of aryl methyl sites for hydroxylation is 2. The van der Waals surface area contributed by atoms with Gasteiger partial charge in [-0.2, -0.15) is 0 Å². The molecule has 192 valence electrons. The average Bonchev–Trinajstić information content (AvgIpc) is 3.16. The number of hydrogen-bond acceptors (Lipinski definition) is 5. The van der Waals surface area contributed by atoms with Gasteiger partial charge < -0.3 is 9.84 Å². The van der Waals surface area contributed by atoms with Crippen LogP contribution in [-0.4, -0.2) is 51.8 Å². The number of rotatable bonds is 6. The number of ether oxygens (including phenoxy) is 1. The number of carbonyl (C=O) groups is 2. The van der Waals surface area contributed by atoms with Crippen molar-refractivity contribution < 1.29 is 19.4 Å². The molecule has 1 aromatic heterocycles. The summed E-state index contributed by atoms with van der Waals surface area (Å²) in [7, 11) is 0. The summed E-state index contributed by atoms with van der Waals surface area (Å²) in [5.74, 6) is -0.529. The Hall–Kier alpha value is -2.61. The van der Waals surface area contributed by atoms with Gasteiger partial charge in [-0.25, -0.2) is 14.6 Å². The quantitative estimate of drug-likeness (QED) is 0.492. The number of aliphatic carboxylic acids is 1. The first kappa shape index (κ1) is 30.4. The first-order valence-electron chi connectivity index (χ1n) is 11.2. The number of carboxylic acid groups (broad SMARTS) is 1. The highest BCUT2D eigenvalue weighted by atomic mass is 35.5. The molecule has 0 saturated carbocycles. The van der Waals surface area contributed by atoms with Gasteiger partial charge in [0, 0.05) is 31.9 Å². The molecule has 2 aromatic rings. The number of amides is 1. The van der Waals surface area contributed by atoms with E-state index in [2.05, 4.69) is 41.9 Å². The molecule has 2 heterocycles. The number of likely N-dealkylation sites (tertiary alicyclic amines) is 1. The van der Waals surface area contributed by atoms with Crippen LogP contribution in [0.5, 0.6) is 0 Å². The Labute approximate surface area is 220 Å². The summed E-state index contributed by atoms with van der Waals surface area (Å²) in [6.07, 6.45) is 4.48. The number of hydrogen-bond donors (Lipinski definition) is 1. The number of nitrogens with zero attached hydrogens (tertiary/aromatic N) is 3. The average molecular weight is 524 g/mol. The molecule has 1 fully saturated rings. The van der Waals surface area contributed by atoms with Crippen molar-refractivity contribution in [3.63, 3.8) is 0 Å². The maximum Gasteiger partial charge on any atom is 0.416 e. The van der Waals surface area contributed by atoms with E-state index in [1.807, 2.05) is 20.8 Å². The Kier molecular flexibility index (Phi) is 11.2. The predicted molar refractivity (Wildman–Crippen MR) is 144 cm³/mol. The summed E-state index contributed by atoms with van der Waals surface area (Å²) < 4.78 is 5.70. The Morgan fingerprint density at radius 1 is 1.17 bits per heavy atom. The smallest absolute Gasteiger partial charge is 0.416 e. The number of carboxylic acids is 1. The maximum atomic E-state index is 13.1. The second kappa shape index (κ2) is 12.9. The summed E-state index contributed by atoms with van der Waals surface area (Å²) in [6, 6.07) is 9.94. The van der Waals surface area contributed by atoms with Crippen molar-refractivity contribution in [3.8, 4) is 0 Å². The number of benzene rings is 1. The van der Waals surface area contributed by atoms with Crippen LogP contribution in [0, 0.1) is 13.8 Å². The molecule has 0 unspecified atom stereocenters. The second-order valence-electron chi connectivity index (χ2n) is 9.57. The summed E-state index contributed by atoms with van der Waals surface area (Å²) in [6.45, 7) is 12.2. The van der Waals surface area contributed by atoms with Gasteiger partial charge in [-0.1, -0.05) is 18.2 Å². The van der Waals surface area contributed by atoms with Crippen molar-refractivity contribution in [1.29, 1.82) is 0 Å². The number of aromatic nitrogens is 1. The Morgan fingerprint density at radius 3 is 2.46 bits per heavy atom. The first-order valence-corrected chi connectivity index (χ1v) is 11.2. The van der Waals surface area contributed by atoms with Crippen molar-refractivity contribution in [3.05, 3.63) is 64.9 Å². The van der Waals surface area contributed by atoms with E-state index < -0.39 is 17.7 Å². The first-order chi connectivity index (χ1) is 15.5. The molecule has 1 aromatic carbocycles. The standard InChI is InChI=1S/C26H33N3O4.2ClH/c1-18-6-7-21(14-19(18)2)16-28-13-12-22(17-28)29(25(32)33-26(3,4)5)23-10-8-20(15-27-23)9-11-24(30)31;;/h6-11,14-15,22H,12-13,16-17H2,1-5H3,(H,30,31);2*1H/b11-9+;;/t22-;;/m1../s1. The van der Waals surface area contributed by atoms with Crippen LogP contribution in [0.4, 0.5) is 10.6 Å². The maximum absolute atomic E-state index is 13.1. The third-order valence-corrected chi connectivity index (χ3v) is 5.62. The molecule has 1 saturated heterocycles. The normalized spacial score (nSPS) is 15.9. The fourth-order valence-electron chi connectivity index (χ4n) is 3.87. The Morgan fingerprint density at radius 2 is 1.89 bits per heavy atom. The van der Waals surface area contributed by atoms with Gasteiger partial charge in [-0.3, -0.25) is 9.80 Å². The van der Waals surface area contributed by atoms with Crippen molar-refractivity contribution in [2.45, 2.75) is 59.2 Å². The van der Waals surface area contributed by atoms with Crippen LogP contribution >= 0.6 is 24.8 Å². The van der Waals surface area contributed by atoms with E-state index in [-0.39, 0.29) is 30.9 Å². The number of pyridine rings is 1. The molecule has 0 spiro atoms. The molecule has 0 radical (unpaired) electrons. The molecule has 35 heavy (non-hydrogen) atoms. The largest absolute Gasteiger partial charge is 0.478 e. The monoisotopic (exact) mass is 523 g/mol. The highest BCUT2D eigenvalue weighted by molar-refractivity contribution is 5.88. The zero-order chi connectivity index (χ0) is 24.2. The molecule has 1 N–H and O–H groups in total. The van der Waals surface area contributed by atoms with Crippen LogP contribution in [0.25, 0.3) is 6.08 Å². The van der Waals surface area contributed by atoms with Crippen molar-refractivity contribution in [1.82, 2.24) is 9.88 Å². The summed E-state index contributed by atoms with van der Waals surface area (Å²) in [5.41, 5.74) is 3.84. The van der Waals surface area contributed by atoms with E-state index in [1.54, 1.807) is 23.2 Å². The van der Waals surface area contributed by atoms with E-state index in [4.69, 9.17) is 9.84 Å². The molecule has 1 aliphatic rings. The molecule has 1 aliphatic heterocycles. The number of carbonyl (C=O) groups excluding carboxylic acids is 1. The fourth-order valence-corrected chi connectivity index (χ4v) is 3.87. The minimum Gasteiger partial charge on any atom is -0.478 e. The van der Waals surface area contributed by atoms with E-state index in [0.29, 0.717) is 17.9 Å². The molecule has 0 aliphatic carbocycles. The fraction of sp³-hybridized carbons (Fsp3) is 0.423. The molecule has 1 atom stereocenters. The summed E-state index contributed by atoms with van der Waals surface area (Å²) in [4.78, 5) is 32.3. The minimum absolute atomic E-state index is 0. The second-order valence-corrected chi connectivity index (χ2v) is 9.57. The van der Waals surface area contributed by atoms with Crippen molar-refractivity contribution in [2.75, 3.05) is 18.0 Å². The third kappa shape index (κ3) is 8.84. The molecule has 9 heteroatoms. The van der Waals surface area contributed by atoms with Crippen molar-refractivity contribution >= 4 is 48.8 Å². The highest BCUT2D eigenvalue weighted by Crippen LogP contribution is 2.26. The van der Waals surface area contributed by atoms with Gasteiger partial charge in [0.15, 0.2) is 0 Å². The number of halogens is 2. The lowest BCUT2D eigenvalue weighted by molar-refractivity contribution is -0.131. The predicted octanol–water partition coefficient (Wildman–Crippen LogP) is 5.66. The highest BCUT2D eigenvalue weighted by Gasteiger charge is 2.35. The summed E-state index contributed by atoms with van der Waals surface area (Å²) >= 11 is 0. The van der Waals surface area contributed by atoms with Gasteiger partial charge >= 0.3 is 12.1 Å². The van der Waals surface area contributed by atoms with Crippen LogP contribution < -0.4 is 4.90 Å². The van der Waals surface area contributed by atoms with Crippen LogP contribution in [0.2, 0.25) is 0 Å². The lowest BCUT2D eigenvalue weighted by Crippen LogP contribution is -2.45. The SMILES string of the molecule is Cc1ccc(CN2CC[C@@H](N(C(=O)OC(C)(C)C)c3ccc(/C=C/C(=O)O)cn3)C2)cc1C.Cl.Cl. The zero-order valence-electron chi connectivity index (χ0n) is 20.9. The Balaban J connectivity index is 0.00000306. The minimum atomic E-state index is -1.02. The van der Waals surface area contributed by atoms with Gasteiger partial charge in [0.25, 0.3) is 0 Å². The molecule has 1 amide bonds. The topological polar surface area (TPSA) is 83.0 Å². The molecule has 7 nitrogen and oxygen atoms in total. The molecular weight excluding hydrogens is 489 g/mol. The van der Waals surface area contributed by atoms with Gasteiger partial charge in [-0.05, 0) is 81.5 Å². The number of anilines is 1. The van der Waals surface area contributed by atoms with Gasteiger partial charge in [0.05, 0.1) is 6.04 Å². The third-order valence-electron chi connectivity index (χ3n) is 5.62. The van der Waals surface area contributed by atoms with Crippen molar-refractivity contribution in [2.24, 2.45) is 0 Å². The summed E-state index contributed by atoms with van der Waals surface area (Å²) in [5, 5.41) is 8.82. The van der Waals surface area contributed by atoms with E-state index in [1.165, 1.54) is 22.8 Å². The molecule has 3 rings (SSSR count).